The molecular weight excluding hydrogens is 202 g/mol. The Hall–Kier alpha value is -1.06. The molecule has 3 heteroatoms. The molecule has 1 aromatic carbocycles. The molecule has 0 bridgehead atoms. The molecule has 0 saturated carbocycles. The number of methoxy groups -OCH3 is 1. The molecule has 0 heterocycles. The van der Waals surface area contributed by atoms with E-state index in [0.29, 0.717) is 13.0 Å². The summed E-state index contributed by atoms with van der Waals surface area (Å²) >= 11 is 0. The Morgan fingerprint density at radius 3 is 2.31 bits per heavy atom. The van der Waals surface area contributed by atoms with Gasteiger partial charge in [-0.15, -0.1) is 0 Å². The number of aliphatic hydroxyl groups is 1. The van der Waals surface area contributed by atoms with Gasteiger partial charge in [-0.1, -0.05) is 0 Å². The number of benzene rings is 1. The van der Waals surface area contributed by atoms with Gasteiger partial charge in [0.15, 0.2) is 0 Å². The first kappa shape index (κ1) is 13.0. The number of hydrogen-bond acceptors (Lipinski definition) is 3. The van der Waals surface area contributed by atoms with Crippen LogP contribution in [0.3, 0.4) is 0 Å². The summed E-state index contributed by atoms with van der Waals surface area (Å²) in [6.07, 6.45) is 1.13. The zero-order valence-electron chi connectivity index (χ0n) is 10.3. The lowest BCUT2D eigenvalue weighted by molar-refractivity contribution is 0.164. The molecule has 3 N–H and O–H groups in total. The Labute approximate surface area is 97.2 Å². The van der Waals surface area contributed by atoms with Crippen LogP contribution < -0.4 is 10.5 Å². The Bertz CT molecular complexity index is 327. The molecule has 1 atom stereocenters. The second-order valence-corrected chi connectivity index (χ2v) is 4.12. The SMILES string of the molecule is COc1cc(C)c(C(O)CCCN)c(C)c1. The molecule has 0 aromatic heterocycles. The monoisotopic (exact) mass is 223 g/mol. The van der Waals surface area contributed by atoms with Crippen LogP contribution in [-0.2, 0) is 0 Å². The molecule has 0 spiro atoms. The third-order valence-corrected chi connectivity index (χ3v) is 2.82. The molecule has 0 saturated heterocycles. The van der Waals surface area contributed by atoms with E-state index >= 15 is 0 Å². The number of aryl methyl sites for hydroxylation is 2. The molecule has 3 nitrogen and oxygen atoms in total. The average molecular weight is 223 g/mol. The van der Waals surface area contributed by atoms with Gasteiger partial charge in [-0.05, 0) is 62.1 Å². The number of nitrogens with two attached hydrogens (primary N) is 1. The molecule has 0 radical (unpaired) electrons. The van der Waals surface area contributed by atoms with Gasteiger partial charge in [0.2, 0.25) is 0 Å². The minimum Gasteiger partial charge on any atom is -0.497 e. The van der Waals surface area contributed by atoms with E-state index in [-0.39, 0.29) is 0 Å². The molecule has 1 unspecified atom stereocenters. The fourth-order valence-corrected chi connectivity index (χ4v) is 2.03. The summed E-state index contributed by atoms with van der Waals surface area (Å²) in [5.74, 6) is 0.838. The highest BCUT2D eigenvalue weighted by molar-refractivity contribution is 5.42. The van der Waals surface area contributed by atoms with Crippen LogP contribution >= 0.6 is 0 Å². The van der Waals surface area contributed by atoms with E-state index in [2.05, 4.69) is 0 Å². The van der Waals surface area contributed by atoms with Crippen LogP contribution in [0.1, 0.15) is 35.6 Å². The van der Waals surface area contributed by atoms with Crippen LogP contribution in [0.2, 0.25) is 0 Å². The molecule has 0 aliphatic rings. The summed E-state index contributed by atoms with van der Waals surface area (Å²) in [6, 6.07) is 3.90. The maximum Gasteiger partial charge on any atom is 0.119 e. The largest absolute Gasteiger partial charge is 0.497 e. The standard InChI is InChI=1S/C13H21NO2/c1-9-7-11(16-3)8-10(2)13(9)12(15)5-4-6-14/h7-8,12,15H,4-6,14H2,1-3H3. The summed E-state index contributed by atoms with van der Waals surface area (Å²) in [6.45, 7) is 4.61. The minimum absolute atomic E-state index is 0.422. The van der Waals surface area contributed by atoms with E-state index in [4.69, 9.17) is 10.5 Å². The van der Waals surface area contributed by atoms with Gasteiger partial charge in [-0.25, -0.2) is 0 Å². The maximum absolute atomic E-state index is 10.1. The van der Waals surface area contributed by atoms with Crippen molar-refractivity contribution in [1.29, 1.82) is 0 Å². The van der Waals surface area contributed by atoms with Crippen LogP contribution in [-0.4, -0.2) is 18.8 Å². The highest BCUT2D eigenvalue weighted by Crippen LogP contribution is 2.29. The molecule has 1 rings (SSSR count). The Morgan fingerprint density at radius 1 is 1.31 bits per heavy atom. The predicted molar refractivity (Wildman–Crippen MR) is 65.7 cm³/mol. The number of hydrogen-bond donors (Lipinski definition) is 2. The van der Waals surface area contributed by atoms with Crippen molar-refractivity contribution in [1.82, 2.24) is 0 Å². The molecular formula is C13H21NO2. The lowest BCUT2D eigenvalue weighted by Gasteiger charge is -2.17. The van der Waals surface area contributed by atoms with E-state index in [1.165, 1.54) is 0 Å². The van der Waals surface area contributed by atoms with Crippen LogP contribution in [0.4, 0.5) is 0 Å². The topological polar surface area (TPSA) is 55.5 Å². The normalized spacial score (nSPS) is 12.6. The Kier molecular flexibility index (Phi) is 4.77. The van der Waals surface area contributed by atoms with Gasteiger partial charge in [0.25, 0.3) is 0 Å². The van der Waals surface area contributed by atoms with Gasteiger partial charge >= 0.3 is 0 Å². The van der Waals surface area contributed by atoms with Gasteiger partial charge in [0, 0.05) is 0 Å². The predicted octanol–water partition coefficient (Wildman–Crippen LogP) is 2.08. The van der Waals surface area contributed by atoms with E-state index in [1.54, 1.807) is 7.11 Å². The van der Waals surface area contributed by atoms with Crippen molar-refractivity contribution in [3.63, 3.8) is 0 Å². The lowest BCUT2D eigenvalue weighted by atomic mass is 9.95. The summed E-state index contributed by atoms with van der Waals surface area (Å²) in [7, 11) is 1.65. The van der Waals surface area contributed by atoms with Crippen molar-refractivity contribution >= 4 is 0 Å². The van der Waals surface area contributed by atoms with Crippen LogP contribution in [0.15, 0.2) is 12.1 Å². The Balaban J connectivity index is 2.95. The number of rotatable bonds is 5. The fraction of sp³-hybridized carbons (Fsp3) is 0.538. The highest BCUT2D eigenvalue weighted by atomic mass is 16.5. The fourth-order valence-electron chi connectivity index (χ4n) is 2.03. The molecule has 16 heavy (non-hydrogen) atoms. The summed E-state index contributed by atoms with van der Waals surface area (Å²) < 4.78 is 5.19. The number of ether oxygens (including phenoxy) is 1. The second-order valence-electron chi connectivity index (χ2n) is 4.12. The molecule has 1 aromatic rings. The first-order valence-corrected chi connectivity index (χ1v) is 5.63. The highest BCUT2D eigenvalue weighted by Gasteiger charge is 2.13. The zero-order valence-corrected chi connectivity index (χ0v) is 10.3. The van der Waals surface area contributed by atoms with Gasteiger partial charge in [0.1, 0.15) is 5.75 Å². The van der Waals surface area contributed by atoms with E-state index in [9.17, 15) is 5.11 Å². The van der Waals surface area contributed by atoms with Gasteiger partial charge in [-0.3, -0.25) is 0 Å². The van der Waals surface area contributed by atoms with Gasteiger partial charge in [0.05, 0.1) is 13.2 Å². The molecule has 0 aliphatic carbocycles. The third kappa shape index (κ3) is 2.97. The lowest BCUT2D eigenvalue weighted by Crippen LogP contribution is -2.07. The van der Waals surface area contributed by atoms with Crippen LogP contribution in [0.5, 0.6) is 5.75 Å². The number of aliphatic hydroxyl groups excluding tert-OH is 1. The van der Waals surface area contributed by atoms with Crippen molar-refractivity contribution in [2.24, 2.45) is 5.73 Å². The summed E-state index contributed by atoms with van der Waals surface area (Å²) in [5.41, 5.74) is 8.60. The Morgan fingerprint density at radius 2 is 1.88 bits per heavy atom. The first-order chi connectivity index (χ1) is 7.60. The van der Waals surface area contributed by atoms with Crippen LogP contribution in [0, 0.1) is 13.8 Å². The van der Waals surface area contributed by atoms with E-state index in [1.807, 2.05) is 26.0 Å². The van der Waals surface area contributed by atoms with E-state index < -0.39 is 6.10 Å². The minimum atomic E-state index is -0.422. The summed E-state index contributed by atoms with van der Waals surface area (Å²) in [5, 5.41) is 10.1. The van der Waals surface area contributed by atoms with Crippen molar-refractivity contribution in [2.75, 3.05) is 13.7 Å². The van der Waals surface area contributed by atoms with Crippen LogP contribution in [0.25, 0.3) is 0 Å². The van der Waals surface area contributed by atoms with Crippen molar-refractivity contribution in [3.05, 3.63) is 28.8 Å². The van der Waals surface area contributed by atoms with E-state index in [0.717, 1.165) is 28.9 Å². The quantitative estimate of drug-likeness (QED) is 0.803. The third-order valence-electron chi connectivity index (χ3n) is 2.82. The summed E-state index contributed by atoms with van der Waals surface area (Å²) in [4.78, 5) is 0. The van der Waals surface area contributed by atoms with Crippen molar-refractivity contribution in [2.45, 2.75) is 32.8 Å². The zero-order chi connectivity index (χ0) is 12.1. The van der Waals surface area contributed by atoms with Gasteiger partial charge < -0.3 is 15.6 Å². The smallest absolute Gasteiger partial charge is 0.119 e. The molecule has 0 fully saturated rings. The van der Waals surface area contributed by atoms with Crippen molar-refractivity contribution < 1.29 is 9.84 Å². The van der Waals surface area contributed by atoms with Crippen molar-refractivity contribution in [3.8, 4) is 5.75 Å². The average Bonchev–Trinajstić information content (AvgIpc) is 2.25. The maximum atomic E-state index is 10.1. The molecule has 0 amide bonds. The first-order valence-electron chi connectivity index (χ1n) is 5.63. The van der Waals surface area contributed by atoms with Gasteiger partial charge in [-0.2, -0.15) is 0 Å². The molecule has 90 valence electrons. The second kappa shape index (κ2) is 5.87. The molecule has 0 aliphatic heterocycles.